The molecule has 1 aromatic heterocycles. The number of ether oxygens (including phenoxy) is 1. The molecule has 0 bridgehead atoms. The molecule has 0 atom stereocenters. The van der Waals surface area contributed by atoms with E-state index in [1.165, 1.54) is 9.75 Å². The van der Waals surface area contributed by atoms with E-state index >= 15 is 0 Å². The van der Waals surface area contributed by atoms with Crippen LogP contribution in [0.5, 0.6) is 5.75 Å². The van der Waals surface area contributed by atoms with Gasteiger partial charge in [-0.25, -0.2) is 4.99 Å². The van der Waals surface area contributed by atoms with Gasteiger partial charge >= 0.3 is 0 Å². The van der Waals surface area contributed by atoms with Gasteiger partial charge in [-0.15, -0.1) is 35.3 Å². The van der Waals surface area contributed by atoms with Gasteiger partial charge in [0, 0.05) is 16.3 Å². The molecule has 0 amide bonds. The maximum absolute atomic E-state index is 5.66. The lowest BCUT2D eigenvalue weighted by molar-refractivity contribution is 0.322. The van der Waals surface area contributed by atoms with Crippen molar-refractivity contribution in [3.05, 3.63) is 52.2 Å². The number of aliphatic imine (C=N–C) groups is 1. The van der Waals surface area contributed by atoms with Gasteiger partial charge in [0.25, 0.3) is 0 Å². The minimum absolute atomic E-state index is 0. The third-order valence-corrected chi connectivity index (χ3v) is 3.93. The molecule has 1 heterocycles. The van der Waals surface area contributed by atoms with E-state index in [1.807, 2.05) is 30.3 Å². The number of para-hydroxylation sites is 1. The Morgan fingerprint density at radius 1 is 1.13 bits per heavy atom. The summed E-state index contributed by atoms with van der Waals surface area (Å²) in [6.07, 6.45) is 0. The molecule has 23 heavy (non-hydrogen) atoms. The molecule has 1 aromatic carbocycles. The number of guanidine groups is 1. The van der Waals surface area contributed by atoms with Crippen LogP contribution in [0.15, 0.2) is 47.5 Å². The SMILES string of the molecule is CCNC(=NCc1ccc(C)s1)NCCOc1ccccc1.I. The lowest BCUT2D eigenvalue weighted by Gasteiger charge is -2.11. The summed E-state index contributed by atoms with van der Waals surface area (Å²) in [6.45, 7) is 7.04. The van der Waals surface area contributed by atoms with Crippen LogP contribution in [0.3, 0.4) is 0 Å². The number of hydrogen-bond acceptors (Lipinski definition) is 3. The minimum atomic E-state index is 0. The van der Waals surface area contributed by atoms with Crippen molar-refractivity contribution in [2.45, 2.75) is 20.4 Å². The molecule has 0 saturated heterocycles. The number of rotatable bonds is 7. The number of nitrogens with one attached hydrogen (secondary N) is 2. The number of aryl methyl sites for hydroxylation is 1. The molecular weight excluding hydrogens is 421 g/mol. The molecule has 2 N–H and O–H groups in total. The number of benzene rings is 1. The fourth-order valence-corrected chi connectivity index (χ4v) is 2.74. The maximum Gasteiger partial charge on any atom is 0.191 e. The van der Waals surface area contributed by atoms with E-state index in [0.29, 0.717) is 19.7 Å². The summed E-state index contributed by atoms with van der Waals surface area (Å²) in [5, 5.41) is 6.53. The molecule has 0 fully saturated rings. The molecule has 126 valence electrons. The van der Waals surface area contributed by atoms with Gasteiger partial charge in [-0.2, -0.15) is 0 Å². The van der Waals surface area contributed by atoms with E-state index in [1.54, 1.807) is 11.3 Å². The second-order valence-electron chi connectivity index (χ2n) is 4.80. The van der Waals surface area contributed by atoms with Crippen molar-refractivity contribution < 1.29 is 4.74 Å². The molecule has 0 aliphatic heterocycles. The molecule has 0 unspecified atom stereocenters. The van der Waals surface area contributed by atoms with Crippen molar-refractivity contribution in [1.82, 2.24) is 10.6 Å². The van der Waals surface area contributed by atoms with E-state index < -0.39 is 0 Å². The van der Waals surface area contributed by atoms with E-state index in [2.05, 4.69) is 41.6 Å². The summed E-state index contributed by atoms with van der Waals surface area (Å²) < 4.78 is 5.66. The predicted octanol–water partition coefficient (Wildman–Crippen LogP) is 3.81. The Bertz CT molecular complexity index is 587. The van der Waals surface area contributed by atoms with Crippen molar-refractivity contribution in [3.8, 4) is 5.75 Å². The summed E-state index contributed by atoms with van der Waals surface area (Å²) in [5.74, 6) is 1.71. The molecule has 0 aliphatic rings. The molecule has 0 radical (unpaired) electrons. The van der Waals surface area contributed by atoms with Gasteiger partial charge in [0.05, 0.1) is 13.1 Å². The highest BCUT2D eigenvalue weighted by atomic mass is 127. The fourth-order valence-electron chi connectivity index (χ4n) is 1.92. The minimum Gasteiger partial charge on any atom is -0.492 e. The average molecular weight is 445 g/mol. The Morgan fingerprint density at radius 3 is 2.57 bits per heavy atom. The van der Waals surface area contributed by atoms with Crippen molar-refractivity contribution in [2.75, 3.05) is 19.7 Å². The molecule has 6 heteroatoms. The Labute approximate surface area is 159 Å². The first-order valence-electron chi connectivity index (χ1n) is 7.53. The van der Waals surface area contributed by atoms with Crippen LogP contribution in [0.1, 0.15) is 16.7 Å². The van der Waals surface area contributed by atoms with Crippen molar-refractivity contribution >= 4 is 41.3 Å². The standard InChI is InChI=1S/C17H23N3OS.HI/c1-3-18-17(20-13-16-10-9-14(2)22-16)19-11-12-21-15-7-5-4-6-8-15;/h4-10H,3,11-13H2,1-2H3,(H2,18,19,20);1H. The zero-order valence-corrected chi connectivity index (χ0v) is 16.7. The summed E-state index contributed by atoms with van der Waals surface area (Å²) >= 11 is 1.79. The normalized spacial score (nSPS) is 10.8. The van der Waals surface area contributed by atoms with Gasteiger partial charge in [-0.1, -0.05) is 18.2 Å². The topological polar surface area (TPSA) is 45.7 Å². The molecule has 0 spiro atoms. The highest BCUT2D eigenvalue weighted by molar-refractivity contribution is 14.0. The van der Waals surface area contributed by atoms with Crippen LogP contribution in [0.2, 0.25) is 0 Å². The maximum atomic E-state index is 5.66. The average Bonchev–Trinajstić information content (AvgIpc) is 2.95. The largest absolute Gasteiger partial charge is 0.492 e. The van der Waals surface area contributed by atoms with E-state index in [4.69, 9.17) is 4.74 Å². The Balaban J connectivity index is 0.00000264. The van der Waals surface area contributed by atoms with Gasteiger partial charge in [-0.05, 0) is 38.1 Å². The van der Waals surface area contributed by atoms with Gasteiger partial charge < -0.3 is 15.4 Å². The first kappa shape index (κ1) is 19.8. The smallest absolute Gasteiger partial charge is 0.191 e. The third-order valence-electron chi connectivity index (χ3n) is 2.94. The van der Waals surface area contributed by atoms with Gasteiger partial charge in [0.15, 0.2) is 5.96 Å². The van der Waals surface area contributed by atoms with Crippen molar-refractivity contribution in [1.29, 1.82) is 0 Å². The molecule has 2 aromatic rings. The van der Waals surface area contributed by atoms with Crippen LogP contribution < -0.4 is 15.4 Å². The molecular formula is C17H24IN3OS. The fraction of sp³-hybridized carbons (Fsp3) is 0.353. The lowest BCUT2D eigenvalue weighted by atomic mass is 10.3. The van der Waals surface area contributed by atoms with E-state index in [-0.39, 0.29) is 24.0 Å². The highest BCUT2D eigenvalue weighted by Gasteiger charge is 1.99. The zero-order chi connectivity index (χ0) is 15.6. The van der Waals surface area contributed by atoms with E-state index in [9.17, 15) is 0 Å². The Hall–Kier alpha value is -1.28. The first-order valence-corrected chi connectivity index (χ1v) is 8.35. The van der Waals surface area contributed by atoms with E-state index in [0.717, 1.165) is 18.3 Å². The summed E-state index contributed by atoms with van der Waals surface area (Å²) in [6, 6.07) is 14.1. The number of hydrogen-bond donors (Lipinski definition) is 2. The van der Waals surface area contributed by atoms with Crippen LogP contribution >= 0.6 is 35.3 Å². The van der Waals surface area contributed by atoms with Crippen LogP contribution in [0.4, 0.5) is 0 Å². The van der Waals surface area contributed by atoms with Gasteiger partial charge in [0.1, 0.15) is 12.4 Å². The van der Waals surface area contributed by atoms with Crippen LogP contribution in [-0.4, -0.2) is 25.7 Å². The van der Waals surface area contributed by atoms with Crippen molar-refractivity contribution in [2.24, 2.45) is 4.99 Å². The number of nitrogens with zero attached hydrogens (tertiary/aromatic N) is 1. The van der Waals surface area contributed by atoms with Crippen molar-refractivity contribution in [3.63, 3.8) is 0 Å². The Kier molecular flexibility index (Phi) is 9.70. The van der Waals surface area contributed by atoms with Crippen LogP contribution in [0.25, 0.3) is 0 Å². The van der Waals surface area contributed by atoms with Gasteiger partial charge in [-0.3, -0.25) is 0 Å². The molecule has 0 saturated carbocycles. The van der Waals surface area contributed by atoms with Gasteiger partial charge in [0.2, 0.25) is 0 Å². The summed E-state index contributed by atoms with van der Waals surface area (Å²) in [7, 11) is 0. The van der Waals surface area contributed by atoms with Crippen LogP contribution in [0, 0.1) is 6.92 Å². The second-order valence-corrected chi connectivity index (χ2v) is 6.17. The molecule has 4 nitrogen and oxygen atoms in total. The predicted molar refractivity (Wildman–Crippen MR) is 109 cm³/mol. The first-order chi connectivity index (χ1) is 10.8. The monoisotopic (exact) mass is 445 g/mol. The summed E-state index contributed by atoms with van der Waals surface area (Å²) in [5.41, 5.74) is 0. The number of halogens is 1. The Morgan fingerprint density at radius 2 is 1.91 bits per heavy atom. The second kappa shape index (κ2) is 11.3. The lowest BCUT2D eigenvalue weighted by Crippen LogP contribution is -2.39. The zero-order valence-electron chi connectivity index (χ0n) is 13.5. The summed E-state index contributed by atoms with van der Waals surface area (Å²) in [4.78, 5) is 7.18. The van der Waals surface area contributed by atoms with Crippen LogP contribution in [-0.2, 0) is 6.54 Å². The number of thiophene rings is 1. The molecule has 0 aliphatic carbocycles. The highest BCUT2D eigenvalue weighted by Crippen LogP contribution is 2.15. The quantitative estimate of drug-likeness (QED) is 0.295. The molecule has 2 rings (SSSR count). The third kappa shape index (κ3) is 7.69.